The summed E-state index contributed by atoms with van der Waals surface area (Å²) in [5.41, 5.74) is 0.479. The zero-order valence-electron chi connectivity index (χ0n) is 13.1. The van der Waals surface area contributed by atoms with Gasteiger partial charge in [-0.1, -0.05) is 6.07 Å². The first kappa shape index (κ1) is 17.9. The van der Waals surface area contributed by atoms with Crippen LogP contribution in [0.5, 0.6) is 5.75 Å². The second kappa shape index (κ2) is 7.41. The number of rotatable bonds is 6. The number of ether oxygens (including phenoxy) is 1. The molecule has 2 rings (SSSR count). The molecule has 8 heteroatoms. The van der Waals surface area contributed by atoms with Gasteiger partial charge in [0.15, 0.2) is 0 Å². The van der Waals surface area contributed by atoms with Gasteiger partial charge in [-0.2, -0.15) is 4.72 Å². The van der Waals surface area contributed by atoms with Crippen molar-refractivity contribution in [2.45, 2.75) is 17.9 Å². The van der Waals surface area contributed by atoms with Crippen LogP contribution in [0.3, 0.4) is 0 Å². The summed E-state index contributed by atoms with van der Waals surface area (Å²) < 4.78 is 44.5. The average Bonchev–Trinajstić information content (AvgIpc) is 2.55. The molecule has 2 aromatic rings. The number of carbonyl (C=O) groups excluding carboxylic acids is 1. The lowest BCUT2D eigenvalue weighted by Gasteiger charge is -2.15. The highest BCUT2D eigenvalue weighted by Crippen LogP contribution is 2.17. The lowest BCUT2D eigenvalue weighted by atomic mass is 10.2. The van der Waals surface area contributed by atoms with E-state index in [1.54, 1.807) is 24.3 Å². The van der Waals surface area contributed by atoms with E-state index in [1.807, 2.05) is 0 Å². The number of nitrogens with one attached hydrogen (secondary N) is 2. The summed E-state index contributed by atoms with van der Waals surface area (Å²) in [7, 11) is -2.43. The summed E-state index contributed by atoms with van der Waals surface area (Å²) in [5.74, 6) is -0.515. The predicted molar refractivity (Wildman–Crippen MR) is 87.8 cm³/mol. The molecule has 0 heterocycles. The molecule has 6 nitrogen and oxygen atoms in total. The first-order chi connectivity index (χ1) is 11.3. The highest BCUT2D eigenvalue weighted by atomic mass is 32.2. The summed E-state index contributed by atoms with van der Waals surface area (Å²) in [6, 6.07) is 9.99. The molecule has 0 unspecified atom stereocenters. The van der Waals surface area contributed by atoms with Crippen LogP contribution < -0.4 is 14.8 Å². The molecule has 2 N–H and O–H groups in total. The molecule has 0 aliphatic rings. The van der Waals surface area contributed by atoms with E-state index >= 15 is 0 Å². The molecule has 0 bridgehead atoms. The van der Waals surface area contributed by atoms with Crippen LogP contribution in [0, 0.1) is 5.82 Å². The van der Waals surface area contributed by atoms with E-state index < -0.39 is 27.8 Å². The van der Waals surface area contributed by atoms with Gasteiger partial charge in [-0.05, 0) is 43.3 Å². The molecule has 1 amide bonds. The predicted octanol–water partition coefficient (Wildman–Crippen LogP) is 2.14. The molecule has 0 aromatic heterocycles. The Morgan fingerprint density at radius 2 is 1.83 bits per heavy atom. The average molecular weight is 352 g/mol. The Bertz CT molecular complexity index is 822. The monoisotopic (exact) mass is 352 g/mol. The van der Waals surface area contributed by atoms with Crippen LogP contribution in [0.2, 0.25) is 0 Å². The number of carbonyl (C=O) groups is 1. The molecule has 0 saturated heterocycles. The van der Waals surface area contributed by atoms with Crippen LogP contribution in [0.4, 0.5) is 10.1 Å². The minimum absolute atomic E-state index is 0.120. The zero-order chi connectivity index (χ0) is 17.7. The van der Waals surface area contributed by atoms with Crippen molar-refractivity contribution in [2.75, 3.05) is 12.4 Å². The van der Waals surface area contributed by atoms with Gasteiger partial charge in [0.2, 0.25) is 15.9 Å². The molecule has 2 aromatic carbocycles. The first-order valence-corrected chi connectivity index (χ1v) is 8.53. The van der Waals surface area contributed by atoms with Crippen molar-refractivity contribution in [3.63, 3.8) is 0 Å². The van der Waals surface area contributed by atoms with Crippen molar-refractivity contribution in [3.05, 3.63) is 54.3 Å². The lowest BCUT2D eigenvalue weighted by Crippen LogP contribution is -2.41. The van der Waals surface area contributed by atoms with Gasteiger partial charge in [0, 0.05) is 11.8 Å². The Kier molecular flexibility index (Phi) is 5.53. The maximum atomic E-state index is 12.9. The number of anilines is 1. The molecule has 0 aliphatic heterocycles. The Morgan fingerprint density at radius 1 is 1.17 bits per heavy atom. The highest BCUT2D eigenvalue weighted by molar-refractivity contribution is 7.89. The smallest absolute Gasteiger partial charge is 0.242 e. The van der Waals surface area contributed by atoms with E-state index in [-0.39, 0.29) is 4.90 Å². The second-order valence-corrected chi connectivity index (χ2v) is 6.73. The van der Waals surface area contributed by atoms with Gasteiger partial charge in [-0.25, -0.2) is 12.8 Å². The zero-order valence-corrected chi connectivity index (χ0v) is 13.9. The lowest BCUT2D eigenvalue weighted by molar-refractivity contribution is -0.117. The van der Waals surface area contributed by atoms with E-state index in [9.17, 15) is 17.6 Å². The number of methoxy groups -OCH3 is 1. The SMILES string of the molecule is COc1cccc(NC(=O)[C@@H](C)NS(=O)(=O)c2ccc(F)cc2)c1. The minimum atomic E-state index is -3.93. The molecule has 24 heavy (non-hydrogen) atoms. The number of benzene rings is 2. The summed E-state index contributed by atoms with van der Waals surface area (Å²) in [6.07, 6.45) is 0. The molecule has 0 fully saturated rings. The number of hydrogen-bond acceptors (Lipinski definition) is 4. The van der Waals surface area contributed by atoms with E-state index in [4.69, 9.17) is 4.74 Å². The van der Waals surface area contributed by atoms with E-state index in [1.165, 1.54) is 14.0 Å². The molecule has 0 spiro atoms. The largest absolute Gasteiger partial charge is 0.497 e. The van der Waals surface area contributed by atoms with Crippen LogP contribution in [0.15, 0.2) is 53.4 Å². The first-order valence-electron chi connectivity index (χ1n) is 7.04. The van der Waals surface area contributed by atoms with Gasteiger partial charge in [0.1, 0.15) is 11.6 Å². The molecule has 0 saturated carbocycles. The third-order valence-electron chi connectivity index (χ3n) is 3.19. The van der Waals surface area contributed by atoms with Crippen molar-refractivity contribution in [2.24, 2.45) is 0 Å². The van der Waals surface area contributed by atoms with E-state index in [0.717, 1.165) is 24.3 Å². The van der Waals surface area contributed by atoms with Crippen molar-refractivity contribution < 1.29 is 22.3 Å². The Hall–Kier alpha value is -2.45. The topological polar surface area (TPSA) is 84.5 Å². The molecular weight excluding hydrogens is 335 g/mol. The van der Waals surface area contributed by atoms with Gasteiger partial charge in [-0.15, -0.1) is 0 Å². The molecule has 0 radical (unpaired) electrons. The second-order valence-electron chi connectivity index (χ2n) is 5.02. The number of halogens is 1. The fourth-order valence-electron chi connectivity index (χ4n) is 1.92. The minimum Gasteiger partial charge on any atom is -0.497 e. The van der Waals surface area contributed by atoms with Crippen molar-refractivity contribution in [1.29, 1.82) is 0 Å². The Labute approximate surface area is 139 Å². The maximum Gasteiger partial charge on any atom is 0.242 e. The van der Waals surface area contributed by atoms with Crippen molar-refractivity contribution >= 4 is 21.6 Å². The molecular formula is C16H17FN2O4S. The van der Waals surface area contributed by atoms with Crippen molar-refractivity contribution in [1.82, 2.24) is 4.72 Å². The summed E-state index contributed by atoms with van der Waals surface area (Å²) in [6.45, 7) is 1.41. The molecule has 128 valence electrons. The third kappa shape index (κ3) is 4.53. The summed E-state index contributed by atoms with van der Waals surface area (Å²) in [4.78, 5) is 12.0. The van der Waals surface area contributed by atoms with Crippen LogP contribution in [0.1, 0.15) is 6.92 Å². The highest BCUT2D eigenvalue weighted by Gasteiger charge is 2.22. The number of amides is 1. The summed E-state index contributed by atoms with van der Waals surface area (Å²) >= 11 is 0. The van der Waals surface area contributed by atoms with Gasteiger partial charge < -0.3 is 10.1 Å². The van der Waals surface area contributed by atoms with E-state index in [2.05, 4.69) is 10.0 Å². The van der Waals surface area contributed by atoms with Crippen LogP contribution in [-0.4, -0.2) is 27.5 Å². The van der Waals surface area contributed by atoms with Gasteiger partial charge in [0.25, 0.3) is 0 Å². The Balaban J connectivity index is 2.06. The Morgan fingerprint density at radius 3 is 2.46 bits per heavy atom. The van der Waals surface area contributed by atoms with Crippen LogP contribution >= 0.6 is 0 Å². The van der Waals surface area contributed by atoms with Crippen LogP contribution in [-0.2, 0) is 14.8 Å². The maximum absolute atomic E-state index is 12.9. The number of hydrogen-bond donors (Lipinski definition) is 2. The standard InChI is InChI=1S/C16H17FN2O4S/c1-11(16(20)18-13-4-3-5-14(10-13)23-2)19-24(21,22)15-8-6-12(17)7-9-15/h3-11,19H,1-2H3,(H,18,20)/t11-/m1/s1. The van der Waals surface area contributed by atoms with Gasteiger partial charge in [-0.3, -0.25) is 4.79 Å². The summed E-state index contributed by atoms with van der Waals surface area (Å²) in [5, 5.41) is 2.59. The third-order valence-corrected chi connectivity index (χ3v) is 4.74. The van der Waals surface area contributed by atoms with Gasteiger partial charge >= 0.3 is 0 Å². The van der Waals surface area contributed by atoms with Crippen molar-refractivity contribution in [3.8, 4) is 5.75 Å². The fraction of sp³-hybridized carbons (Fsp3) is 0.188. The van der Waals surface area contributed by atoms with Crippen LogP contribution in [0.25, 0.3) is 0 Å². The number of sulfonamides is 1. The van der Waals surface area contributed by atoms with E-state index in [0.29, 0.717) is 11.4 Å². The molecule has 0 aliphatic carbocycles. The normalized spacial score (nSPS) is 12.5. The van der Waals surface area contributed by atoms with Gasteiger partial charge in [0.05, 0.1) is 18.0 Å². The fourth-order valence-corrected chi connectivity index (χ4v) is 3.12. The molecule has 1 atom stereocenters. The quantitative estimate of drug-likeness (QED) is 0.834.